The summed E-state index contributed by atoms with van der Waals surface area (Å²) in [4.78, 5) is 24.9. The van der Waals surface area contributed by atoms with Gasteiger partial charge in [0, 0.05) is 23.8 Å². The van der Waals surface area contributed by atoms with Crippen molar-refractivity contribution in [3.8, 4) is 0 Å². The first-order chi connectivity index (χ1) is 20.4. The Hall–Kier alpha value is -1.72. The van der Waals surface area contributed by atoms with E-state index in [1.54, 1.807) is 6.08 Å². The zero-order chi connectivity index (χ0) is 29.7. The number of hydrogen-bond donors (Lipinski definition) is 0. The topological polar surface area (TPSA) is 108 Å². The average molecular weight is 601 g/mol. The van der Waals surface area contributed by atoms with Crippen molar-refractivity contribution in [2.75, 3.05) is 6.61 Å². The molecule has 14 atom stereocenters. The monoisotopic (exact) mass is 600 g/mol. The van der Waals surface area contributed by atoms with Gasteiger partial charge in [-0.25, -0.2) is 9.59 Å². The van der Waals surface area contributed by atoms with Crippen molar-refractivity contribution in [3.05, 3.63) is 11.6 Å². The molecule has 43 heavy (non-hydrogen) atoms. The highest BCUT2D eigenvalue weighted by Crippen LogP contribution is 2.73. The Bertz CT molecular complexity index is 1300. The number of fused-ring (bicyclic) bond motifs is 4. The van der Waals surface area contributed by atoms with Crippen molar-refractivity contribution < 1.29 is 47.5 Å². The molecule has 10 nitrogen and oxygen atoms in total. The first-order valence-electron chi connectivity index (χ1n) is 16.5. The van der Waals surface area contributed by atoms with Crippen molar-refractivity contribution in [2.24, 2.45) is 34.5 Å². The maximum atomic E-state index is 12.9. The lowest BCUT2D eigenvalue weighted by Gasteiger charge is -2.65. The summed E-state index contributed by atoms with van der Waals surface area (Å²) in [7, 11) is 0. The van der Waals surface area contributed by atoms with Crippen molar-refractivity contribution in [1.82, 2.24) is 0 Å². The van der Waals surface area contributed by atoms with Gasteiger partial charge in [0.2, 0.25) is 6.29 Å². The van der Waals surface area contributed by atoms with E-state index in [0.717, 1.165) is 44.1 Å². The summed E-state index contributed by atoms with van der Waals surface area (Å²) in [6.45, 7) is 10.9. The molecule has 8 fully saturated rings. The number of esters is 1. The Balaban J connectivity index is 1.05. The van der Waals surface area contributed by atoms with Crippen LogP contribution in [0.2, 0.25) is 0 Å². The van der Waals surface area contributed by atoms with Gasteiger partial charge in [-0.2, -0.15) is 0 Å². The molecule has 4 saturated carbocycles. The van der Waals surface area contributed by atoms with Gasteiger partial charge in [0.1, 0.15) is 18.8 Å². The molecule has 0 aromatic heterocycles. The van der Waals surface area contributed by atoms with Crippen molar-refractivity contribution in [1.29, 1.82) is 0 Å². The summed E-state index contributed by atoms with van der Waals surface area (Å²) in [5, 5.41) is 0. The van der Waals surface area contributed by atoms with Crippen LogP contribution in [0.4, 0.5) is 4.79 Å². The van der Waals surface area contributed by atoms with Crippen LogP contribution in [0, 0.1) is 34.5 Å². The minimum absolute atomic E-state index is 0.00919. The summed E-state index contributed by atoms with van der Waals surface area (Å²) in [6, 6.07) is 0. The molecule has 4 saturated heterocycles. The minimum Gasteiger partial charge on any atom is -0.458 e. The molecule has 0 unspecified atom stereocenters. The maximum absolute atomic E-state index is 12.9. The molecule has 5 aliphatic heterocycles. The van der Waals surface area contributed by atoms with Crippen LogP contribution in [0.25, 0.3) is 0 Å². The van der Waals surface area contributed by atoms with Crippen LogP contribution >= 0.6 is 0 Å². The number of hydrogen-bond acceptors (Lipinski definition) is 10. The molecule has 0 aromatic carbocycles. The summed E-state index contributed by atoms with van der Waals surface area (Å²) in [6.07, 6.45) is 6.71. The molecule has 0 amide bonds. The van der Waals surface area contributed by atoms with Gasteiger partial charge in [-0.05, 0) is 94.5 Å². The molecular formula is C33H44O10. The van der Waals surface area contributed by atoms with Gasteiger partial charge in [0.05, 0.1) is 18.3 Å². The standard InChI is InChI=1S/C33H44O10/c1-16-10-25-33(43-29(2,3)41-25)27(37-16)38-22-12-18-6-7-20-19(30(18,4)14-23(22)40-33)8-9-31(5)21(17-11-26(34)36-15-17)13-24-32(20,31)42-28(35)39-24/h11,16,18-25,27H,6-10,12-15H2,1-5H3/t16-,18+,19+,20-,21-,22-,23-,24-,25-,27+,30+,31-,32-,33-/m1/s1. The van der Waals surface area contributed by atoms with Crippen LogP contribution in [0.5, 0.6) is 0 Å². The third-order valence-electron chi connectivity index (χ3n) is 13.5. The summed E-state index contributed by atoms with van der Waals surface area (Å²) in [5.41, 5.74) is -0.0650. The van der Waals surface area contributed by atoms with Gasteiger partial charge < -0.3 is 37.9 Å². The lowest BCUT2D eigenvalue weighted by molar-refractivity contribution is -0.447. The number of carbonyl (C=O) groups is 2. The fourth-order valence-electron chi connectivity index (χ4n) is 11.9. The number of cyclic esters (lactones) is 1. The molecule has 9 rings (SSSR count). The number of rotatable bonds is 1. The quantitative estimate of drug-likeness (QED) is 0.308. The van der Waals surface area contributed by atoms with Gasteiger partial charge in [-0.3, -0.25) is 0 Å². The summed E-state index contributed by atoms with van der Waals surface area (Å²) >= 11 is 0. The lowest BCUT2D eigenvalue weighted by Crippen LogP contribution is -2.70. The molecular weight excluding hydrogens is 556 g/mol. The highest BCUT2D eigenvalue weighted by atomic mass is 16.9. The molecule has 0 aromatic rings. The molecule has 0 bridgehead atoms. The second-order valence-corrected chi connectivity index (χ2v) is 15.9. The molecule has 236 valence electrons. The maximum Gasteiger partial charge on any atom is 0.509 e. The van der Waals surface area contributed by atoms with E-state index in [2.05, 4.69) is 20.8 Å². The van der Waals surface area contributed by atoms with E-state index in [4.69, 9.17) is 37.9 Å². The highest BCUT2D eigenvalue weighted by Gasteiger charge is 2.78. The molecule has 5 heterocycles. The van der Waals surface area contributed by atoms with Gasteiger partial charge in [-0.1, -0.05) is 13.8 Å². The summed E-state index contributed by atoms with van der Waals surface area (Å²) in [5.74, 6) is -1.11. The zero-order valence-electron chi connectivity index (χ0n) is 25.8. The Morgan fingerprint density at radius 1 is 0.884 bits per heavy atom. The molecule has 2 spiro atoms. The van der Waals surface area contributed by atoms with Gasteiger partial charge >= 0.3 is 12.1 Å². The van der Waals surface area contributed by atoms with E-state index in [-0.39, 0.29) is 59.2 Å². The SMILES string of the molecule is C[C@@H]1C[C@H]2OC(C)(C)O[C@]23O[C@@H]2C[C@@]4(C)[C@@H](CC[C@@H]5[C@@H]4CC[C@]4(C)[C@@H](C6=CC(=O)OC6)C[C@H]6OC(=O)O[C@]564)C[C@H]2O[C@@H]3O1. The van der Waals surface area contributed by atoms with Crippen LogP contribution < -0.4 is 0 Å². The molecule has 9 aliphatic rings. The fraction of sp³-hybridized carbons (Fsp3) is 0.879. The van der Waals surface area contributed by atoms with Gasteiger partial charge in [0.25, 0.3) is 5.79 Å². The van der Waals surface area contributed by atoms with Crippen LogP contribution in [-0.2, 0) is 42.7 Å². The van der Waals surface area contributed by atoms with Gasteiger partial charge in [0.15, 0.2) is 11.4 Å². The first kappa shape index (κ1) is 27.6. The number of ether oxygens (including phenoxy) is 8. The van der Waals surface area contributed by atoms with Crippen LogP contribution in [0.15, 0.2) is 11.6 Å². The Labute approximate surface area is 252 Å². The Kier molecular flexibility index (Phi) is 5.48. The first-order valence-corrected chi connectivity index (χ1v) is 16.5. The van der Waals surface area contributed by atoms with E-state index in [9.17, 15) is 9.59 Å². The smallest absolute Gasteiger partial charge is 0.458 e. The van der Waals surface area contributed by atoms with Crippen molar-refractivity contribution >= 4 is 12.1 Å². The van der Waals surface area contributed by atoms with Crippen molar-refractivity contribution in [3.63, 3.8) is 0 Å². The third-order valence-corrected chi connectivity index (χ3v) is 13.5. The van der Waals surface area contributed by atoms with E-state index in [1.807, 2.05) is 13.8 Å². The molecule has 0 N–H and O–H groups in total. The molecule has 4 aliphatic carbocycles. The van der Waals surface area contributed by atoms with E-state index < -0.39 is 29.6 Å². The fourth-order valence-corrected chi connectivity index (χ4v) is 11.9. The van der Waals surface area contributed by atoms with Crippen LogP contribution in [0.1, 0.15) is 86.0 Å². The predicted molar refractivity (Wildman–Crippen MR) is 147 cm³/mol. The number of carbonyl (C=O) groups excluding carboxylic acids is 2. The van der Waals surface area contributed by atoms with E-state index in [1.165, 1.54) is 0 Å². The van der Waals surface area contributed by atoms with Gasteiger partial charge in [-0.15, -0.1) is 0 Å². The Morgan fingerprint density at radius 3 is 2.51 bits per heavy atom. The second kappa shape index (κ2) is 8.55. The zero-order valence-corrected chi connectivity index (χ0v) is 25.8. The molecule has 0 radical (unpaired) electrons. The average Bonchev–Trinajstić information content (AvgIpc) is 3.62. The second-order valence-electron chi connectivity index (χ2n) is 15.9. The lowest BCUT2D eigenvalue weighted by atomic mass is 9.42. The normalized spacial score (nSPS) is 57.5. The van der Waals surface area contributed by atoms with E-state index in [0.29, 0.717) is 31.3 Å². The summed E-state index contributed by atoms with van der Waals surface area (Å²) < 4.78 is 50.7. The van der Waals surface area contributed by atoms with E-state index >= 15 is 0 Å². The highest BCUT2D eigenvalue weighted by molar-refractivity contribution is 5.85. The predicted octanol–water partition coefficient (Wildman–Crippen LogP) is 4.77. The van der Waals surface area contributed by atoms with Crippen molar-refractivity contribution in [2.45, 2.75) is 140 Å². The Morgan fingerprint density at radius 2 is 1.72 bits per heavy atom. The van der Waals surface area contributed by atoms with Crippen LogP contribution in [0.3, 0.4) is 0 Å². The molecule has 10 heteroatoms. The largest absolute Gasteiger partial charge is 0.509 e. The van der Waals surface area contributed by atoms with Crippen LogP contribution in [-0.4, -0.2) is 72.7 Å². The minimum atomic E-state index is -1.08. The third kappa shape index (κ3) is 3.42.